The molecule has 3 rings (SSSR count). The molecule has 0 bridgehead atoms. The van der Waals surface area contributed by atoms with Crippen molar-refractivity contribution in [3.8, 4) is 0 Å². The molecule has 1 aromatic carbocycles. The number of hydrazine groups is 1. The van der Waals surface area contributed by atoms with Crippen LogP contribution >= 0.6 is 0 Å². The number of nitrogens with one attached hydrogen (secondary N) is 2. The van der Waals surface area contributed by atoms with E-state index in [0.717, 1.165) is 24.5 Å². The number of likely N-dealkylation sites (tertiary alicyclic amines) is 1. The highest BCUT2D eigenvalue weighted by molar-refractivity contribution is 6.08. The first-order valence-corrected chi connectivity index (χ1v) is 8.64. The second kappa shape index (κ2) is 6.84. The van der Waals surface area contributed by atoms with E-state index in [1.165, 1.54) is 6.42 Å². The third-order valence-electron chi connectivity index (χ3n) is 4.89. The summed E-state index contributed by atoms with van der Waals surface area (Å²) in [6.45, 7) is 5.70. The highest BCUT2D eigenvalue weighted by atomic mass is 16.2. The van der Waals surface area contributed by atoms with E-state index in [1.807, 2.05) is 6.07 Å². The van der Waals surface area contributed by atoms with Gasteiger partial charge in [-0.2, -0.15) is 5.01 Å². The summed E-state index contributed by atoms with van der Waals surface area (Å²) in [5.41, 5.74) is 1.96. The van der Waals surface area contributed by atoms with Crippen molar-refractivity contribution >= 4 is 17.8 Å². The van der Waals surface area contributed by atoms with E-state index in [2.05, 4.69) is 22.6 Å². The Morgan fingerprint density at radius 1 is 1.32 bits per heavy atom. The van der Waals surface area contributed by atoms with Gasteiger partial charge in [0.15, 0.2) is 0 Å². The first-order chi connectivity index (χ1) is 11.9. The second-order valence-corrected chi connectivity index (χ2v) is 7.08. The van der Waals surface area contributed by atoms with Gasteiger partial charge in [0.25, 0.3) is 11.8 Å². The number of nitrogens with zero attached hydrogens (tertiary/aromatic N) is 2. The molecule has 25 heavy (non-hydrogen) atoms. The minimum Gasteiger partial charge on any atom is -0.318 e. The third kappa shape index (κ3) is 3.51. The molecule has 2 heterocycles. The van der Waals surface area contributed by atoms with Gasteiger partial charge in [0, 0.05) is 6.54 Å². The number of benzene rings is 1. The Bertz CT molecular complexity index is 678. The molecule has 0 aromatic heterocycles. The Hall–Kier alpha value is -2.41. The van der Waals surface area contributed by atoms with Crippen molar-refractivity contribution < 1.29 is 14.4 Å². The van der Waals surface area contributed by atoms with Gasteiger partial charge >= 0.3 is 6.03 Å². The molecule has 2 aliphatic heterocycles. The molecule has 0 aliphatic carbocycles. The lowest BCUT2D eigenvalue weighted by Crippen LogP contribution is -2.51. The third-order valence-corrected chi connectivity index (χ3v) is 4.89. The lowest BCUT2D eigenvalue weighted by Gasteiger charge is -2.30. The Kier molecular flexibility index (Phi) is 4.76. The fourth-order valence-corrected chi connectivity index (χ4v) is 3.50. The highest BCUT2D eigenvalue weighted by Crippen LogP contribution is 2.27. The van der Waals surface area contributed by atoms with E-state index in [0.29, 0.717) is 11.5 Å². The number of carbonyl (C=O) groups is 3. The predicted octanol–water partition coefficient (Wildman–Crippen LogP) is 1.22. The lowest BCUT2D eigenvalue weighted by molar-refractivity contribution is -0.139. The topological polar surface area (TPSA) is 81.8 Å². The average molecular weight is 344 g/mol. The van der Waals surface area contributed by atoms with Gasteiger partial charge in [-0.05, 0) is 37.8 Å². The lowest BCUT2D eigenvalue weighted by atomic mass is 9.92. The van der Waals surface area contributed by atoms with Crippen molar-refractivity contribution in [1.82, 2.24) is 20.7 Å². The van der Waals surface area contributed by atoms with Crippen LogP contribution in [0.5, 0.6) is 0 Å². The van der Waals surface area contributed by atoms with Crippen molar-refractivity contribution in [2.75, 3.05) is 19.6 Å². The van der Waals surface area contributed by atoms with Crippen LogP contribution in [0.15, 0.2) is 30.3 Å². The maximum absolute atomic E-state index is 12.7. The van der Waals surface area contributed by atoms with Crippen LogP contribution in [-0.4, -0.2) is 47.4 Å². The summed E-state index contributed by atoms with van der Waals surface area (Å²) in [5.74, 6) is -0.279. The minimum absolute atomic E-state index is 0.184. The molecule has 7 heteroatoms. The Labute approximate surface area is 147 Å². The number of imide groups is 1. The van der Waals surface area contributed by atoms with Crippen molar-refractivity contribution in [1.29, 1.82) is 0 Å². The van der Waals surface area contributed by atoms with Crippen LogP contribution in [0.25, 0.3) is 0 Å². The molecule has 1 aromatic rings. The number of piperidine rings is 1. The zero-order valence-electron chi connectivity index (χ0n) is 14.6. The molecule has 0 unspecified atom stereocenters. The molecule has 2 N–H and O–H groups in total. The molecular formula is C18H24N4O3. The first-order valence-electron chi connectivity index (χ1n) is 8.64. The van der Waals surface area contributed by atoms with E-state index in [9.17, 15) is 14.4 Å². The normalized spacial score (nSPS) is 27.3. The van der Waals surface area contributed by atoms with Gasteiger partial charge in [-0.15, -0.1) is 0 Å². The van der Waals surface area contributed by atoms with Gasteiger partial charge < -0.3 is 5.32 Å². The largest absolute Gasteiger partial charge is 0.344 e. The summed E-state index contributed by atoms with van der Waals surface area (Å²) >= 11 is 0. The average Bonchev–Trinajstić information content (AvgIpc) is 2.80. The van der Waals surface area contributed by atoms with Crippen LogP contribution in [-0.2, 0) is 15.1 Å². The number of hydrogen-bond acceptors (Lipinski definition) is 4. The van der Waals surface area contributed by atoms with Crippen molar-refractivity contribution in [3.05, 3.63) is 35.9 Å². The van der Waals surface area contributed by atoms with E-state index in [4.69, 9.17) is 0 Å². The summed E-state index contributed by atoms with van der Waals surface area (Å²) in [6, 6.07) is 8.39. The quantitative estimate of drug-likeness (QED) is 0.805. The van der Waals surface area contributed by atoms with Crippen LogP contribution < -0.4 is 10.7 Å². The summed E-state index contributed by atoms with van der Waals surface area (Å²) < 4.78 is 0. The highest BCUT2D eigenvalue weighted by Gasteiger charge is 2.50. The first kappa shape index (κ1) is 17.4. The van der Waals surface area contributed by atoms with Crippen LogP contribution in [0, 0.1) is 5.92 Å². The number of amides is 4. The molecule has 134 valence electrons. The van der Waals surface area contributed by atoms with Gasteiger partial charge in [-0.3, -0.25) is 19.9 Å². The monoisotopic (exact) mass is 344 g/mol. The Morgan fingerprint density at radius 2 is 2.04 bits per heavy atom. The summed E-state index contributed by atoms with van der Waals surface area (Å²) in [7, 11) is 0. The molecule has 2 atom stereocenters. The molecule has 2 aliphatic rings. The SMILES string of the molecule is C[C@@H]1CCCN(CC(=O)NN2C(=O)N[C@](C)(c3ccccc3)C2=O)C1. The number of urea groups is 1. The number of hydrogen-bond donors (Lipinski definition) is 2. The van der Waals surface area contributed by atoms with Crippen molar-refractivity contribution in [2.45, 2.75) is 32.2 Å². The standard InChI is InChI=1S/C18H24N4O3/c1-13-7-6-10-21(11-13)12-15(23)20-22-16(24)18(2,19-17(22)25)14-8-4-3-5-9-14/h3-5,8-9,13H,6-7,10-12H2,1-2H3,(H,19,25)(H,20,23)/t13-,18-/m1/s1. The maximum atomic E-state index is 12.7. The second-order valence-electron chi connectivity index (χ2n) is 7.08. The maximum Gasteiger partial charge on any atom is 0.344 e. The molecule has 0 radical (unpaired) electrons. The van der Waals surface area contributed by atoms with E-state index >= 15 is 0 Å². The molecule has 2 fully saturated rings. The smallest absolute Gasteiger partial charge is 0.318 e. The van der Waals surface area contributed by atoms with E-state index in [-0.39, 0.29) is 12.5 Å². The van der Waals surface area contributed by atoms with Gasteiger partial charge in [0.2, 0.25) is 0 Å². The van der Waals surface area contributed by atoms with Gasteiger partial charge in [0.05, 0.1) is 6.54 Å². The fourth-order valence-electron chi connectivity index (χ4n) is 3.50. The molecule has 0 spiro atoms. The summed E-state index contributed by atoms with van der Waals surface area (Å²) in [5, 5.41) is 3.47. The zero-order valence-corrected chi connectivity index (χ0v) is 14.6. The van der Waals surface area contributed by atoms with E-state index in [1.54, 1.807) is 31.2 Å². The van der Waals surface area contributed by atoms with Gasteiger partial charge in [-0.25, -0.2) is 4.79 Å². The minimum atomic E-state index is -1.18. The van der Waals surface area contributed by atoms with Gasteiger partial charge in [0.1, 0.15) is 5.54 Å². The molecular weight excluding hydrogens is 320 g/mol. The number of carbonyl (C=O) groups excluding carboxylic acids is 3. The number of rotatable bonds is 4. The predicted molar refractivity (Wildman–Crippen MR) is 92.2 cm³/mol. The zero-order chi connectivity index (χ0) is 18.0. The van der Waals surface area contributed by atoms with Crippen LogP contribution in [0.1, 0.15) is 32.3 Å². The van der Waals surface area contributed by atoms with Crippen LogP contribution in [0.2, 0.25) is 0 Å². The fraction of sp³-hybridized carbons (Fsp3) is 0.500. The molecule has 2 saturated heterocycles. The van der Waals surface area contributed by atoms with E-state index < -0.39 is 17.5 Å². The van der Waals surface area contributed by atoms with Crippen molar-refractivity contribution in [2.24, 2.45) is 5.92 Å². The van der Waals surface area contributed by atoms with Crippen LogP contribution in [0.4, 0.5) is 4.79 Å². The van der Waals surface area contributed by atoms with Crippen molar-refractivity contribution in [3.63, 3.8) is 0 Å². The molecule has 7 nitrogen and oxygen atoms in total. The molecule has 0 saturated carbocycles. The Morgan fingerprint density at radius 3 is 2.72 bits per heavy atom. The molecule has 4 amide bonds. The Balaban J connectivity index is 1.66. The van der Waals surface area contributed by atoms with Crippen LogP contribution in [0.3, 0.4) is 0 Å². The summed E-state index contributed by atoms with van der Waals surface area (Å²) in [4.78, 5) is 39.3. The van der Waals surface area contributed by atoms with Gasteiger partial charge in [-0.1, -0.05) is 37.3 Å². The summed E-state index contributed by atoms with van der Waals surface area (Å²) in [6.07, 6.45) is 2.23.